The number of carbonyl (C=O) groups is 1. The molecule has 1 aliphatic rings. The second-order valence-corrected chi connectivity index (χ2v) is 4.79. The maximum Gasteiger partial charge on any atom is 0.251 e. The predicted molar refractivity (Wildman–Crippen MR) is 65.0 cm³/mol. The minimum absolute atomic E-state index is 0.194. The number of H-pyrrole nitrogens is 1. The molecule has 1 amide bonds. The molecule has 0 aliphatic heterocycles. The highest BCUT2D eigenvalue weighted by molar-refractivity contribution is 5.97. The Bertz CT molecular complexity index is 589. The molecule has 0 bridgehead atoms. The minimum Gasteiger partial charge on any atom is -0.388 e. The third kappa shape index (κ3) is 1.95. The van der Waals surface area contributed by atoms with E-state index < -0.39 is 5.60 Å². The zero-order valence-corrected chi connectivity index (χ0v) is 9.81. The first-order chi connectivity index (χ1) is 8.66. The molecule has 1 aromatic heterocycles. The fourth-order valence-electron chi connectivity index (χ4n) is 2.09. The van der Waals surface area contributed by atoms with E-state index in [-0.39, 0.29) is 5.91 Å². The van der Waals surface area contributed by atoms with Crippen LogP contribution in [-0.2, 0) is 0 Å². The number of benzene rings is 1. The Kier molecular flexibility index (Phi) is 2.52. The Morgan fingerprint density at radius 1 is 1.39 bits per heavy atom. The fraction of sp³-hybridized carbons (Fsp3) is 0.417. The van der Waals surface area contributed by atoms with Gasteiger partial charge in [0.2, 0.25) is 0 Å². The molecule has 0 atom stereocenters. The van der Waals surface area contributed by atoms with E-state index in [2.05, 4.69) is 20.7 Å². The first-order valence-electron chi connectivity index (χ1n) is 5.97. The third-order valence-electron chi connectivity index (χ3n) is 3.44. The molecule has 0 radical (unpaired) electrons. The molecule has 18 heavy (non-hydrogen) atoms. The highest BCUT2D eigenvalue weighted by Crippen LogP contribution is 2.30. The lowest BCUT2D eigenvalue weighted by atomic mass is 9.80. The molecule has 0 unspecified atom stereocenters. The first kappa shape index (κ1) is 11.2. The van der Waals surface area contributed by atoms with Gasteiger partial charge in [0.25, 0.3) is 5.91 Å². The Labute approximate surface area is 103 Å². The lowest BCUT2D eigenvalue weighted by Crippen LogP contribution is -2.47. The Balaban J connectivity index is 1.71. The lowest BCUT2D eigenvalue weighted by Gasteiger charge is -2.36. The molecule has 0 spiro atoms. The van der Waals surface area contributed by atoms with Crippen LogP contribution < -0.4 is 5.32 Å². The van der Waals surface area contributed by atoms with Gasteiger partial charge in [-0.3, -0.25) is 4.79 Å². The second kappa shape index (κ2) is 4.06. The van der Waals surface area contributed by atoms with Crippen LogP contribution >= 0.6 is 0 Å². The summed E-state index contributed by atoms with van der Waals surface area (Å²) in [6.45, 7) is 0.308. The van der Waals surface area contributed by atoms with Gasteiger partial charge in [-0.2, -0.15) is 15.4 Å². The fourth-order valence-corrected chi connectivity index (χ4v) is 2.09. The largest absolute Gasteiger partial charge is 0.388 e. The van der Waals surface area contributed by atoms with Crippen LogP contribution in [0.15, 0.2) is 18.2 Å². The van der Waals surface area contributed by atoms with Gasteiger partial charge in [0.1, 0.15) is 11.0 Å². The van der Waals surface area contributed by atoms with Gasteiger partial charge in [0.05, 0.1) is 5.60 Å². The van der Waals surface area contributed by atoms with Crippen molar-refractivity contribution in [3.8, 4) is 0 Å². The van der Waals surface area contributed by atoms with E-state index in [1.54, 1.807) is 18.2 Å². The molecule has 1 fully saturated rings. The summed E-state index contributed by atoms with van der Waals surface area (Å²) in [5, 5.41) is 23.0. The number of nitrogens with one attached hydrogen (secondary N) is 2. The van der Waals surface area contributed by atoms with Crippen LogP contribution in [0.4, 0.5) is 0 Å². The van der Waals surface area contributed by atoms with Crippen molar-refractivity contribution in [3.05, 3.63) is 23.8 Å². The van der Waals surface area contributed by atoms with Crippen molar-refractivity contribution in [2.45, 2.75) is 24.9 Å². The van der Waals surface area contributed by atoms with Crippen LogP contribution in [0.1, 0.15) is 29.6 Å². The maximum absolute atomic E-state index is 11.9. The van der Waals surface area contributed by atoms with Crippen molar-refractivity contribution in [2.24, 2.45) is 0 Å². The molecule has 6 nitrogen and oxygen atoms in total. The molecular formula is C12H14N4O2. The van der Waals surface area contributed by atoms with Crippen molar-refractivity contribution in [2.75, 3.05) is 6.54 Å². The zero-order chi connectivity index (χ0) is 12.6. The maximum atomic E-state index is 11.9. The highest BCUT2D eigenvalue weighted by Gasteiger charge is 2.34. The van der Waals surface area contributed by atoms with E-state index in [0.29, 0.717) is 17.6 Å². The van der Waals surface area contributed by atoms with E-state index in [0.717, 1.165) is 24.8 Å². The summed E-state index contributed by atoms with van der Waals surface area (Å²) >= 11 is 0. The van der Waals surface area contributed by atoms with Gasteiger partial charge in [-0.1, -0.05) is 0 Å². The summed E-state index contributed by atoms with van der Waals surface area (Å²) in [5.74, 6) is -0.194. The number of carbonyl (C=O) groups excluding carboxylic acids is 1. The van der Waals surface area contributed by atoms with Crippen LogP contribution in [0.2, 0.25) is 0 Å². The number of hydrogen-bond acceptors (Lipinski definition) is 4. The average Bonchev–Trinajstić information content (AvgIpc) is 2.80. The summed E-state index contributed by atoms with van der Waals surface area (Å²) in [5.41, 5.74) is 1.21. The Morgan fingerprint density at radius 2 is 2.17 bits per heavy atom. The number of aromatic nitrogens is 3. The number of amides is 1. The smallest absolute Gasteiger partial charge is 0.251 e. The van der Waals surface area contributed by atoms with Gasteiger partial charge in [0.15, 0.2) is 0 Å². The molecule has 3 rings (SSSR count). The SMILES string of the molecule is O=C(NCC1(O)CCC1)c1ccc2n[nH]nc2c1. The molecule has 2 aromatic rings. The number of aromatic amines is 1. The summed E-state index contributed by atoms with van der Waals surface area (Å²) in [7, 11) is 0. The van der Waals surface area contributed by atoms with Crippen molar-refractivity contribution < 1.29 is 9.90 Å². The van der Waals surface area contributed by atoms with Crippen LogP contribution in [-0.4, -0.2) is 38.6 Å². The Hall–Kier alpha value is -1.95. The molecular weight excluding hydrogens is 232 g/mol. The normalized spacial score (nSPS) is 17.4. The average molecular weight is 246 g/mol. The van der Waals surface area contributed by atoms with Gasteiger partial charge in [0, 0.05) is 12.1 Å². The quantitative estimate of drug-likeness (QED) is 0.739. The van der Waals surface area contributed by atoms with Gasteiger partial charge in [-0.15, -0.1) is 0 Å². The molecule has 1 aromatic carbocycles. The Morgan fingerprint density at radius 3 is 2.89 bits per heavy atom. The molecule has 1 heterocycles. The monoisotopic (exact) mass is 246 g/mol. The van der Waals surface area contributed by atoms with Crippen LogP contribution in [0.3, 0.4) is 0 Å². The van der Waals surface area contributed by atoms with E-state index in [1.165, 1.54) is 0 Å². The molecule has 94 valence electrons. The summed E-state index contributed by atoms with van der Waals surface area (Å²) in [4.78, 5) is 11.9. The second-order valence-electron chi connectivity index (χ2n) is 4.79. The van der Waals surface area contributed by atoms with Crippen molar-refractivity contribution in [1.29, 1.82) is 0 Å². The zero-order valence-electron chi connectivity index (χ0n) is 9.81. The number of rotatable bonds is 3. The number of fused-ring (bicyclic) bond motifs is 1. The molecule has 1 aliphatic carbocycles. The van der Waals surface area contributed by atoms with Crippen LogP contribution in [0.5, 0.6) is 0 Å². The van der Waals surface area contributed by atoms with E-state index in [9.17, 15) is 9.90 Å². The molecule has 3 N–H and O–H groups in total. The van der Waals surface area contributed by atoms with E-state index in [4.69, 9.17) is 0 Å². The number of hydrogen-bond donors (Lipinski definition) is 3. The van der Waals surface area contributed by atoms with Gasteiger partial charge < -0.3 is 10.4 Å². The van der Waals surface area contributed by atoms with E-state index >= 15 is 0 Å². The third-order valence-corrected chi connectivity index (χ3v) is 3.44. The van der Waals surface area contributed by atoms with Crippen molar-refractivity contribution in [1.82, 2.24) is 20.7 Å². The van der Waals surface area contributed by atoms with Gasteiger partial charge >= 0.3 is 0 Å². The summed E-state index contributed by atoms with van der Waals surface area (Å²) in [6.07, 6.45) is 2.54. The van der Waals surface area contributed by atoms with Gasteiger partial charge in [-0.25, -0.2) is 0 Å². The van der Waals surface area contributed by atoms with Crippen molar-refractivity contribution in [3.63, 3.8) is 0 Å². The van der Waals surface area contributed by atoms with Crippen LogP contribution in [0, 0.1) is 0 Å². The van der Waals surface area contributed by atoms with Gasteiger partial charge in [-0.05, 0) is 37.5 Å². The van der Waals surface area contributed by atoms with E-state index in [1.807, 2.05) is 0 Å². The number of nitrogens with zero attached hydrogens (tertiary/aromatic N) is 2. The summed E-state index contributed by atoms with van der Waals surface area (Å²) < 4.78 is 0. The van der Waals surface area contributed by atoms with Crippen molar-refractivity contribution >= 4 is 16.9 Å². The predicted octanol–water partition coefficient (Wildman–Crippen LogP) is 0.603. The molecule has 1 saturated carbocycles. The topological polar surface area (TPSA) is 90.9 Å². The molecule has 6 heteroatoms. The van der Waals surface area contributed by atoms with Crippen LogP contribution in [0.25, 0.3) is 11.0 Å². The molecule has 0 saturated heterocycles. The lowest BCUT2D eigenvalue weighted by molar-refractivity contribution is -0.0300. The number of aliphatic hydroxyl groups is 1. The summed E-state index contributed by atoms with van der Waals surface area (Å²) in [6, 6.07) is 5.12. The minimum atomic E-state index is -0.701. The standard InChI is InChI=1S/C12H14N4O2/c17-11(13-7-12(18)4-1-5-12)8-2-3-9-10(6-8)15-16-14-9/h2-3,6,18H,1,4-5,7H2,(H,13,17)(H,14,15,16). The first-order valence-corrected chi connectivity index (χ1v) is 5.97. The highest BCUT2D eigenvalue weighted by atomic mass is 16.3.